The zero-order valence-electron chi connectivity index (χ0n) is 8.73. The molecular weight excluding hydrogens is 192 g/mol. The van der Waals surface area contributed by atoms with Crippen LogP contribution in [0.3, 0.4) is 0 Å². The average molecular weight is 206 g/mol. The first-order chi connectivity index (χ1) is 7.27. The Labute approximate surface area is 89.0 Å². The SMILES string of the molecule is CC(=O)c1cccc(C2COCCO2)c1. The minimum atomic E-state index is -0.0296. The molecule has 0 amide bonds. The van der Waals surface area contributed by atoms with Gasteiger partial charge in [-0.15, -0.1) is 0 Å². The number of hydrogen-bond acceptors (Lipinski definition) is 3. The standard InChI is InChI=1S/C12H14O3/c1-9(13)10-3-2-4-11(7-10)12-8-14-5-6-15-12/h2-4,7,12H,5-6,8H2,1H3. The predicted octanol–water partition coefficient (Wildman–Crippen LogP) is 1.98. The van der Waals surface area contributed by atoms with E-state index in [-0.39, 0.29) is 11.9 Å². The first-order valence-electron chi connectivity index (χ1n) is 5.07. The maximum Gasteiger partial charge on any atom is 0.159 e. The summed E-state index contributed by atoms with van der Waals surface area (Å²) in [6.45, 7) is 3.41. The molecule has 1 aromatic carbocycles. The van der Waals surface area contributed by atoms with Crippen LogP contribution in [0.25, 0.3) is 0 Å². The fourth-order valence-electron chi connectivity index (χ4n) is 1.64. The van der Waals surface area contributed by atoms with Crippen LogP contribution >= 0.6 is 0 Å². The second-order valence-corrected chi connectivity index (χ2v) is 3.62. The van der Waals surface area contributed by atoms with Crippen molar-refractivity contribution in [2.45, 2.75) is 13.0 Å². The number of ketones is 1. The molecule has 1 fully saturated rings. The molecule has 0 saturated carbocycles. The third-order valence-corrected chi connectivity index (χ3v) is 2.48. The maximum atomic E-state index is 11.2. The van der Waals surface area contributed by atoms with Gasteiger partial charge in [-0.05, 0) is 18.6 Å². The van der Waals surface area contributed by atoms with Gasteiger partial charge in [-0.2, -0.15) is 0 Å². The number of Topliss-reactive ketones (excluding diaryl/α,β-unsaturated/α-hetero) is 1. The molecule has 1 unspecified atom stereocenters. The molecule has 0 N–H and O–H groups in total. The van der Waals surface area contributed by atoms with E-state index in [0.717, 1.165) is 11.1 Å². The summed E-state index contributed by atoms with van der Waals surface area (Å²) >= 11 is 0. The van der Waals surface area contributed by atoms with Crippen molar-refractivity contribution in [3.05, 3.63) is 35.4 Å². The van der Waals surface area contributed by atoms with Gasteiger partial charge in [0.05, 0.1) is 19.8 Å². The van der Waals surface area contributed by atoms with E-state index in [1.807, 2.05) is 24.3 Å². The van der Waals surface area contributed by atoms with Gasteiger partial charge >= 0.3 is 0 Å². The molecule has 2 rings (SSSR count). The van der Waals surface area contributed by atoms with E-state index in [4.69, 9.17) is 9.47 Å². The summed E-state index contributed by atoms with van der Waals surface area (Å²) in [4.78, 5) is 11.2. The lowest BCUT2D eigenvalue weighted by Crippen LogP contribution is -2.22. The van der Waals surface area contributed by atoms with Crippen molar-refractivity contribution in [1.29, 1.82) is 0 Å². The number of carbonyl (C=O) groups excluding carboxylic acids is 1. The lowest BCUT2D eigenvalue weighted by atomic mass is 10.0. The molecule has 0 radical (unpaired) electrons. The van der Waals surface area contributed by atoms with Gasteiger partial charge in [-0.3, -0.25) is 4.79 Å². The van der Waals surface area contributed by atoms with Gasteiger partial charge < -0.3 is 9.47 Å². The number of rotatable bonds is 2. The highest BCUT2D eigenvalue weighted by atomic mass is 16.6. The summed E-state index contributed by atoms with van der Waals surface area (Å²) in [6.07, 6.45) is -0.0296. The van der Waals surface area contributed by atoms with Crippen molar-refractivity contribution in [3.8, 4) is 0 Å². The summed E-state index contributed by atoms with van der Waals surface area (Å²) in [5.74, 6) is 0.0774. The van der Waals surface area contributed by atoms with Crippen molar-refractivity contribution >= 4 is 5.78 Å². The fourth-order valence-corrected chi connectivity index (χ4v) is 1.64. The highest BCUT2D eigenvalue weighted by molar-refractivity contribution is 5.94. The molecular formula is C12H14O3. The Morgan fingerprint density at radius 2 is 2.27 bits per heavy atom. The summed E-state index contributed by atoms with van der Waals surface area (Å²) in [6, 6.07) is 7.53. The van der Waals surface area contributed by atoms with Crippen molar-refractivity contribution in [1.82, 2.24) is 0 Å². The summed E-state index contributed by atoms with van der Waals surface area (Å²) < 4.78 is 10.9. The lowest BCUT2D eigenvalue weighted by Gasteiger charge is -2.23. The topological polar surface area (TPSA) is 35.5 Å². The Kier molecular flexibility index (Phi) is 3.14. The Bertz CT molecular complexity index is 354. The van der Waals surface area contributed by atoms with Crippen LogP contribution in [-0.2, 0) is 9.47 Å². The molecule has 1 aliphatic heterocycles. The third-order valence-electron chi connectivity index (χ3n) is 2.48. The minimum Gasteiger partial charge on any atom is -0.376 e. The zero-order chi connectivity index (χ0) is 10.7. The van der Waals surface area contributed by atoms with Crippen LogP contribution in [0.5, 0.6) is 0 Å². The molecule has 1 aromatic rings. The van der Waals surface area contributed by atoms with Gasteiger partial charge in [0.25, 0.3) is 0 Å². The average Bonchev–Trinajstić information content (AvgIpc) is 2.30. The van der Waals surface area contributed by atoms with Crippen molar-refractivity contribution in [2.24, 2.45) is 0 Å². The number of ether oxygens (including phenoxy) is 2. The van der Waals surface area contributed by atoms with Crippen LogP contribution in [0.2, 0.25) is 0 Å². The number of carbonyl (C=O) groups is 1. The van der Waals surface area contributed by atoms with Gasteiger partial charge in [-0.1, -0.05) is 18.2 Å². The van der Waals surface area contributed by atoms with Gasteiger partial charge in [0.2, 0.25) is 0 Å². The van der Waals surface area contributed by atoms with Gasteiger partial charge in [-0.25, -0.2) is 0 Å². The Morgan fingerprint density at radius 1 is 1.40 bits per heavy atom. The molecule has 0 aliphatic carbocycles. The smallest absolute Gasteiger partial charge is 0.159 e. The van der Waals surface area contributed by atoms with Crippen LogP contribution in [0, 0.1) is 0 Å². The highest BCUT2D eigenvalue weighted by Gasteiger charge is 2.16. The molecule has 1 aliphatic rings. The maximum absolute atomic E-state index is 11.2. The number of hydrogen-bond donors (Lipinski definition) is 0. The normalized spacial score (nSPS) is 21.3. The van der Waals surface area contributed by atoms with Crippen molar-refractivity contribution < 1.29 is 14.3 Å². The summed E-state index contributed by atoms with van der Waals surface area (Å²) in [7, 11) is 0. The van der Waals surface area contributed by atoms with Crippen LogP contribution in [0.15, 0.2) is 24.3 Å². The lowest BCUT2D eigenvalue weighted by molar-refractivity contribution is -0.0901. The molecule has 1 saturated heterocycles. The Hall–Kier alpha value is -1.19. The largest absolute Gasteiger partial charge is 0.376 e. The number of benzene rings is 1. The zero-order valence-corrected chi connectivity index (χ0v) is 8.73. The minimum absolute atomic E-state index is 0.0296. The third kappa shape index (κ3) is 2.43. The van der Waals surface area contributed by atoms with Crippen molar-refractivity contribution in [3.63, 3.8) is 0 Å². The Balaban J connectivity index is 2.19. The second-order valence-electron chi connectivity index (χ2n) is 3.62. The van der Waals surface area contributed by atoms with Crippen LogP contribution < -0.4 is 0 Å². The summed E-state index contributed by atoms with van der Waals surface area (Å²) in [5, 5.41) is 0. The molecule has 3 nitrogen and oxygen atoms in total. The van der Waals surface area contributed by atoms with E-state index in [1.54, 1.807) is 6.92 Å². The van der Waals surface area contributed by atoms with E-state index in [0.29, 0.717) is 19.8 Å². The quantitative estimate of drug-likeness (QED) is 0.694. The molecule has 0 bridgehead atoms. The predicted molar refractivity (Wildman–Crippen MR) is 56.0 cm³/mol. The van der Waals surface area contributed by atoms with Crippen molar-refractivity contribution in [2.75, 3.05) is 19.8 Å². The van der Waals surface area contributed by atoms with Crippen LogP contribution in [0.1, 0.15) is 28.9 Å². The van der Waals surface area contributed by atoms with E-state index in [2.05, 4.69) is 0 Å². The first-order valence-corrected chi connectivity index (χ1v) is 5.07. The second kappa shape index (κ2) is 4.55. The monoisotopic (exact) mass is 206 g/mol. The van der Waals surface area contributed by atoms with E-state index in [1.165, 1.54) is 0 Å². The van der Waals surface area contributed by atoms with Gasteiger partial charge in [0, 0.05) is 5.56 Å². The molecule has 1 heterocycles. The van der Waals surface area contributed by atoms with Gasteiger partial charge in [0.1, 0.15) is 6.10 Å². The Morgan fingerprint density at radius 3 is 2.93 bits per heavy atom. The first kappa shape index (κ1) is 10.3. The molecule has 0 spiro atoms. The van der Waals surface area contributed by atoms with E-state index < -0.39 is 0 Å². The van der Waals surface area contributed by atoms with Crippen LogP contribution in [0.4, 0.5) is 0 Å². The van der Waals surface area contributed by atoms with Crippen LogP contribution in [-0.4, -0.2) is 25.6 Å². The van der Waals surface area contributed by atoms with E-state index in [9.17, 15) is 4.79 Å². The molecule has 3 heteroatoms. The molecule has 80 valence electrons. The highest BCUT2D eigenvalue weighted by Crippen LogP contribution is 2.21. The molecule has 0 aromatic heterocycles. The van der Waals surface area contributed by atoms with Gasteiger partial charge in [0.15, 0.2) is 5.78 Å². The fraction of sp³-hybridized carbons (Fsp3) is 0.417. The molecule has 1 atom stereocenters. The van der Waals surface area contributed by atoms with E-state index >= 15 is 0 Å². The summed E-state index contributed by atoms with van der Waals surface area (Å²) in [5.41, 5.74) is 1.74. The molecule has 15 heavy (non-hydrogen) atoms.